The summed E-state index contributed by atoms with van der Waals surface area (Å²) < 4.78 is 39.8. The summed E-state index contributed by atoms with van der Waals surface area (Å²) in [4.78, 5) is -0.361. The highest BCUT2D eigenvalue weighted by Gasteiger charge is 2.21. The SMILES string of the molecule is CC(NS(=O)(=O)c1ccccc1F)c1cn[nH]c1. The largest absolute Gasteiger partial charge is 0.285 e. The maximum Gasteiger partial charge on any atom is 0.244 e. The van der Waals surface area contributed by atoms with E-state index in [9.17, 15) is 12.8 Å². The maximum atomic E-state index is 13.4. The van der Waals surface area contributed by atoms with Crippen LogP contribution in [0.15, 0.2) is 41.6 Å². The lowest BCUT2D eigenvalue weighted by molar-refractivity contribution is 0.547. The van der Waals surface area contributed by atoms with Gasteiger partial charge in [0.2, 0.25) is 10.0 Å². The predicted octanol–water partition coefficient (Wildman–Crippen LogP) is 1.59. The molecule has 0 bridgehead atoms. The Hall–Kier alpha value is -1.73. The predicted molar refractivity (Wildman–Crippen MR) is 63.7 cm³/mol. The molecule has 0 saturated carbocycles. The molecule has 1 unspecified atom stereocenters. The Labute approximate surface area is 104 Å². The molecule has 2 aromatic rings. The van der Waals surface area contributed by atoms with Gasteiger partial charge in [0.25, 0.3) is 0 Å². The first-order valence-corrected chi connectivity index (χ1v) is 6.74. The van der Waals surface area contributed by atoms with Gasteiger partial charge in [0, 0.05) is 17.8 Å². The number of aromatic amines is 1. The van der Waals surface area contributed by atoms with E-state index in [1.807, 2.05) is 0 Å². The fourth-order valence-corrected chi connectivity index (χ4v) is 2.84. The number of hydrogen-bond acceptors (Lipinski definition) is 3. The Balaban J connectivity index is 2.26. The van der Waals surface area contributed by atoms with Gasteiger partial charge in [-0.3, -0.25) is 5.10 Å². The molecule has 1 atom stereocenters. The number of sulfonamides is 1. The van der Waals surface area contributed by atoms with Gasteiger partial charge in [-0.05, 0) is 19.1 Å². The summed E-state index contributed by atoms with van der Waals surface area (Å²) in [6, 6.07) is 4.75. The molecule has 0 spiro atoms. The highest BCUT2D eigenvalue weighted by atomic mass is 32.2. The number of nitrogens with one attached hydrogen (secondary N) is 2. The molecule has 1 aromatic carbocycles. The zero-order valence-corrected chi connectivity index (χ0v) is 10.4. The van der Waals surface area contributed by atoms with Gasteiger partial charge in [-0.15, -0.1) is 0 Å². The fraction of sp³-hybridized carbons (Fsp3) is 0.182. The summed E-state index contributed by atoms with van der Waals surface area (Å²) in [6.45, 7) is 1.66. The van der Waals surface area contributed by atoms with Crippen LogP contribution in [0.5, 0.6) is 0 Å². The van der Waals surface area contributed by atoms with Crippen LogP contribution in [-0.4, -0.2) is 18.6 Å². The third-order valence-electron chi connectivity index (χ3n) is 2.48. The van der Waals surface area contributed by atoms with Gasteiger partial charge < -0.3 is 0 Å². The summed E-state index contributed by atoms with van der Waals surface area (Å²) >= 11 is 0. The van der Waals surface area contributed by atoms with Crippen molar-refractivity contribution < 1.29 is 12.8 Å². The van der Waals surface area contributed by atoms with Gasteiger partial charge in [-0.1, -0.05) is 12.1 Å². The first-order chi connectivity index (χ1) is 8.50. The van der Waals surface area contributed by atoms with Crippen LogP contribution in [-0.2, 0) is 10.0 Å². The minimum atomic E-state index is -3.88. The summed E-state index contributed by atoms with van der Waals surface area (Å²) in [7, 11) is -3.88. The second kappa shape index (κ2) is 4.87. The minimum Gasteiger partial charge on any atom is -0.285 e. The van der Waals surface area contributed by atoms with Crippen molar-refractivity contribution in [2.75, 3.05) is 0 Å². The van der Waals surface area contributed by atoms with E-state index < -0.39 is 21.9 Å². The summed E-state index contributed by atoms with van der Waals surface area (Å²) in [6.07, 6.45) is 3.09. The fourth-order valence-electron chi connectivity index (χ4n) is 1.52. The number of hydrogen-bond donors (Lipinski definition) is 2. The minimum absolute atomic E-state index is 0.361. The van der Waals surface area contributed by atoms with E-state index in [0.717, 1.165) is 6.07 Å². The van der Waals surface area contributed by atoms with Gasteiger partial charge in [0.05, 0.1) is 6.20 Å². The topological polar surface area (TPSA) is 74.8 Å². The number of benzene rings is 1. The zero-order valence-electron chi connectivity index (χ0n) is 9.59. The van der Waals surface area contributed by atoms with Crippen LogP contribution in [0.4, 0.5) is 4.39 Å². The molecular weight excluding hydrogens is 257 g/mol. The number of aromatic nitrogens is 2. The average molecular weight is 269 g/mol. The lowest BCUT2D eigenvalue weighted by Gasteiger charge is -2.12. The quantitative estimate of drug-likeness (QED) is 0.885. The molecule has 7 heteroatoms. The van der Waals surface area contributed by atoms with Crippen LogP contribution < -0.4 is 4.72 Å². The number of H-pyrrole nitrogens is 1. The molecule has 0 aliphatic heterocycles. The van der Waals surface area contributed by atoms with Crippen LogP contribution in [0.25, 0.3) is 0 Å². The highest BCUT2D eigenvalue weighted by molar-refractivity contribution is 7.89. The van der Waals surface area contributed by atoms with E-state index in [1.54, 1.807) is 13.1 Å². The lowest BCUT2D eigenvalue weighted by Crippen LogP contribution is -2.27. The Morgan fingerprint density at radius 3 is 2.72 bits per heavy atom. The van der Waals surface area contributed by atoms with Crippen molar-refractivity contribution >= 4 is 10.0 Å². The molecule has 0 saturated heterocycles. The first kappa shape index (κ1) is 12.7. The standard InChI is InChI=1S/C11H12FN3O2S/c1-8(9-6-13-14-7-9)15-18(16,17)11-5-3-2-4-10(11)12/h2-8,15H,1H3,(H,13,14). The van der Waals surface area contributed by atoms with E-state index in [-0.39, 0.29) is 4.90 Å². The van der Waals surface area contributed by atoms with Crippen molar-refractivity contribution in [3.63, 3.8) is 0 Å². The van der Waals surface area contributed by atoms with Gasteiger partial charge in [-0.2, -0.15) is 5.10 Å². The van der Waals surface area contributed by atoms with E-state index in [4.69, 9.17) is 0 Å². The molecule has 1 heterocycles. The van der Waals surface area contributed by atoms with Gasteiger partial charge in [0.1, 0.15) is 10.7 Å². The molecule has 5 nitrogen and oxygen atoms in total. The molecule has 0 fully saturated rings. The number of rotatable bonds is 4. The van der Waals surface area contributed by atoms with Crippen LogP contribution in [0.2, 0.25) is 0 Å². The molecule has 0 radical (unpaired) electrons. The third-order valence-corrected chi connectivity index (χ3v) is 4.05. The molecule has 2 rings (SSSR count). The Morgan fingerprint density at radius 1 is 1.39 bits per heavy atom. The molecule has 0 amide bonds. The second-order valence-electron chi connectivity index (χ2n) is 3.81. The molecule has 0 aliphatic carbocycles. The van der Waals surface area contributed by atoms with Crippen LogP contribution >= 0.6 is 0 Å². The summed E-state index contributed by atoms with van der Waals surface area (Å²) in [5.74, 6) is -0.774. The van der Waals surface area contributed by atoms with E-state index in [2.05, 4.69) is 14.9 Å². The van der Waals surface area contributed by atoms with Crippen molar-refractivity contribution in [2.45, 2.75) is 17.9 Å². The zero-order chi connectivity index (χ0) is 13.2. The molecule has 1 aromatic heterocycles. The maximum absolute atomic E-state index is 13.4. The normalized spacial score (nSPS) is 13.4. The van der Waals surface area contributed by atoms with Crippen LogP contribution in [0, 0.1) is 5.82 Å². The van der Waals surface area contributed by atoms with Crippen LogP contribution in [0.1, 0.15) is 18.5 Å². The molecule has 0 aliphatic rings. The monoisotopic (exact) mass is 269 g/mol. The van der Waals surface area contributed by atoms with Crippen LogP contribution in [0.3, 0.4) is 0 Å². The van der Waals surface area contributed by atoms with Gasteiger partial charge >= 0.3 is 0 Å². The Kier molecular flexibility index (Phi) is 3.44. The number of nitrogens with zero attached hydrogens (tertiary/aromatic N) is 1. The first-order valence-electron chi connectivity index (χ1n) is 5.26. The summed E-state index contributed by atoms with van der Waals surface area (Å²) in [5.41, 5.74) is 0.676. The van der Waals surface area contributed by atoms with Crippen molar-refractivity contribution in [2.24, 2.45) is 0 Å². The molecule has 2 N–H and O–H groups in total. The van der Waals surface area contributed by atoms with Crippen molar-refractivity contribution in [3.8, 4) is 0 Å². The Bertz CT molecular complexity index is 625. The van der Waals surface area contributed by atoms with E-state index in [1.165, 1.54) is 24.4 Å². The van der Waals surface area contributed by atoms with Gasteiger partial charge in [0.15, 0.2) is 0 Å². The molecule has 96 valence electrons. The number of halogens is 1. The van der Waals surface area contributed by atoms with E-state index in [0.29, 0.717) is 5.56 Å². The van der Waals surface area contributed by atoms with Crippen molar-refractivity contribution in [3.05, 3.63) is 48.0 Å². The molecular formula is C11H12FN3O2S. The smallest absolute Gasteiger partial charge is 0.244 e. The highest BCUT2D eigenvalue weighted by Crippen LogP contribution is 2.17. The van der Waals surface area contributed by atoms with Crippen molar-refractivity contribution in [1.29, 1.82) is 0 Å². The van der Waals surface area contributed by atoms with E-state index >= 15 is 0 Å². The average Bonchev–Trinajstić information content (AvgIpc) is 2.82. The third kappa shape index (κ3) is 2.57. The summed E-state index contributed by atoms with van der Waals surface area (Å²) in [5, 5.41) is 6.32. The van der Waals surface area contributed by atoms with Crippen molar-refractivity contribution in [1.82, 2.24) is 14.9 Å². The Morgan fingerprint density at radius 2 is 2.11 bits per heavy atom. The molecule has 18 heavy (non-hydrogen) atoms. The van der Waals surface area contributed by atoms with Gasteiger partial charge in [-0.25, -0.2) is 17.5 Å². The second-order valence-corrected chi connectivity index (χ2v) is 5.49. The lowest BCUT2D eigenvalue weighted by atomic mass is 10.2.